The zero-order chi connectivity index (χ0) is 69.1. The van der Waals surface area contributed by atoms with Gasteiger partial charge in [0.25, 0.3) is 0 Å². The number of aliphatic hydroxyl groups is 5. The summed E-state index contributed by atoms with van der Waals surface area (Å²) >= 11 is 34.8. The second kappa shape index (κ2) is 38.9. The number of aromatic nitrogens is 8. The fourth-order valence-corrected chi connectivity index (χ4v) is 9.08. The lowest BCUT2D eigenvalue weighted by atomic mass is 10.0. The minimum atomic E-state index is -0.524. The number of carbonyl (C=O) groups is 2. The van der Waals surface area contributed by atoms with Crippen molar-refractivity contribution in [3.05, 3.63) is 196 Å². The number of hydrogen-bond acceptors (Lipinski definition) is 22. The lowest BCUT2D eigenvalue weighted by molar-refractivity contribution is 0.0983. The number of carbonyl (C=O) groups excluding carboxylic acids is 2. The molecule has 0 radical (unpaired) electrons. The summed E-state index contributed by atoms with van der Waals surface area (Å²) in [6, 6.07) is 27.9. The Balaban J connectivity index is 0.000000258. The van der Waals surface area contributed by atoms with Gasteiger partial charge in [-0.2, -0.15) is 0 Å². The Morgan fingerprint density at radius 2 is 0.753 bits per heavy atom. The second-order valence-corrected chi connectivity index (χ2v) is 22.7. The molecule has 22 nitrogen and oxygen atoms in total. The van der Waals surface area contributed by atoms with Gasteiger partial charge in [-0.05, 0) is 196 Å². The van der Waals surface area contributed by atoms with Gasteiger partial charge in [0.15, 0.2) is 11.6 Å². The number of nitrogens with one attached hydrogen (secondary N) is 2. The number of methoxy groups -OCH3 is 4. The van der Waals surface area contributed by atoms with E-state index in [2.05, 4.69) is 50.5 Å². The van der Waals surface area contributed by atoms with E-state index in [4.69, 9.17) is 99.4 Å². The van der Waals surface area contributed by atoms with Gasteiger partial charge in [0.05, 0.1) is 82.4 Å². The van der Waals surface area contributed by atoms with Gasteiger partial charge >= 0.3 is 0 Å². The Hall–Kier alpha value is -8.00. The molecule has 0 spiro atoms. The summed E-state index contributed by atoms with van der Waals surface area (Å²) in [7, 11) is 6.27. The molecular weight excluding hydrogens is 1320 g/mol. The van der Waals surface area contributed by atoms with Crippen molar-refractivity contribution in [2.45, 2.75) is 79.6 Å². The summed E-state index contributed by atoms with van der Waals surface area (Å²) in [6.07, 6.45) is 1.78. The normalized spacial score (nSPS) is 11.9. The van der Waals surface area contributed by atoms with Crippen LogP contribution in [-0.4, -0.2) is 143 Å². The highest BCUT2D eigenvalue weighted by Gasteiger charge is 2.15. The Bertz CT molecular complexity index is 3820. The summed E-state index contributed by atoms with van der Waals surface area (Å²) in [5, 5.41) is 53.9. The number of rotatable bonds is 21. The molecule has 0 saturated carbocycles. The molecule has 0 aliphatic heterocycles. The third-order valence-electron chi connectivity index (χ3n) is 12.0. The van der Waals surface area contributed by atoms with Crippen LogP contribution in [0.5, 0.6) is 23.0 Å². The predicted octanol–water partition coefficient (Wildman–Crippen LogP) is 13.0. The molecule has 8 rings (SSSR count). The molecule has 0 aliphatic carbocycles. The second-order valence-electron chi connectivity index (χ2n) is 20.6. The number of ether oxygens (including phenoxy) is 4. The summed E-state index contributed by atoms with van der Waals surface area (Å²) in [4.78, 5) is 56.4. The molecular formula is C65H73Cl6N11O11. The molecule has 28 heteroatoms. The molecule has 8 aromatic rings. The maximum Gasteiger partial charge on any atom is 0.224 e. The third-order valence-corrected chi connectivity index (χ3v) is 13.1. The standard InChI is InChI=1S/2C17H20ClN3O3.2C14H12Cl2N2O2.C3H9NO/c2*1-10-4-12(6-14(5-10)24-3)15(23)7-13-8-16(19-9-11(2)22)21-17(18)20-13;2*1-8-3-9(5-11(4-8)20-2)12(19)6-10-7-13(15)18-14(16)17-10;1-3(5)2-4/h4-6,8,11,22H,7,9H2,1-3H3,(H,19,20,21);4-8,11,22-23H,9H2,1-3H3,(H,19,20,21);3-5,7H,6H2,1-2H3;3-7,19H,1-2H3;3,5H,2,4H2,1H3/b;15-7+;;12-6+;/t2*11-;;;3-/m00..0/s1. The molecule has 4 aromatic heterocycles. The summed E-state index contributed by atoms with van der Waals surface area (Å²) in [5.74, 6) is 3.45. The van der Waals surface area contributed by atoms with E-state index in [9.17, 15) is 30.0 Å². The van der Waals surface area contributed by atoms with E-state index in [0.29, 0.717) is 99.3 Å². The Labute approximate surface area is 569 Å². The number of nitrogens with two attached hydrogens (primary N) is 1. The minimum absolute atomic E-state index is 0.0263. The van der Waals surface area contributed by atoms with Gasteiger partial charge in [-0.15, -0.1) is 0 Å². The molecule has 0 bridgehead atoms. The van der Waals surface area contributed by atoms with Crippen LogP contribution in [0.15, 0.2) is 97.1 Å². The first kappa shape index (κ1) is 77.4. The average Bonchev–Trinajstić information content (AvgIpc) is 1.68. The fraction of sp³-hybridized carbons (Fsp3) is 0.292. The van der Waals surface area contributed by atoms with Crippen LogP contribution < -0.4 is 35.3 Å². The van der Waals surface area contributed by atoms with Gasteiger partial charge < -0.3 is 60.8 Å². The Morgan fingerprint density at radius 1 is 0.441 bits per heavy atom. The molecule has 0 saturated heterocycles. The monoisotopic (exact) mass is 1390 g/mol. The van der Waals surface area contributed by atoms with Crippen LogP contribution in [0, 0.1) is 27.7 Å². The SMILES string of the molecule is COc1cc(C)cc(/C(O)=C\c2cc(Cl)nc(Cl)n2)c1.COc1cc(C)cc(/C(O)=C\c2cc(NC[C@H](C)O)nc(Cl)n2)c1.COc1cc(C)cc(C(=O)Cc2cc(Cl)nc(Cl)n2)c1.COc1cc(C)cc(C(=O)Cc2cc(NC[C@H](C)O)nc(Cl)n2)c1.C[C@H](O)CN. The molecule has 4 heterocycles. The van der Waals surface area contributed by atoms with Gasteiger partial charge in [-0.3, -0.25) is 9.59 Å². The van der Waals surface area contributed by atoms with Crippen molar-refractivity contribution in [1.82, 2.24) is 39.9 Å². The van der Waals surface area contributed by atoms with Crippen molar-refractivity contribution >= 4 is 116 Å². The van der Waals surface area contributed by atoms with E-state index in [1.54, 1.807) is 97.7 Å². The average molecular weight is 1400 g/mol. The summed E-state index contributed by atoms with van der Waals surface area (Å²) < 4.78 is 20.7. The summed E-state index contributed by atoms with van der Waals surface area (Å²) in [6.45, 7) is 13.6. The number of halogens is 6. The first-order valence-electron chi connectivity index (χ1n) is 28.2. The highest BCUT2D eigenvalue weighted by Crippen LogP contribution is 2.27. The number of Topliss-reactive ketones (excluding diaryl/α,β-unsaturated/α-hetero) is 2. The maximum absolute atomic E-state index is 12.5. The van der Waals surface area contributed by atoms with Crippen LogP contribution in [0.3, 0.4) is 0 Å². The zero-order valence-corrected chi connectivity index (χ0v) is 57.3. The highest BCUT2D eigenvalue weighted by atomic mass is 35.5. The third kappa shape index (κ3) is 28.8. The molecule has 0 fully saturated rings. The molecule has 93 heavy (non-hydrogen) atoms. The van der Waals surface area contributed by atoms with Crippen molar-refractivity contribution in [2.75, 3.05) is 58.7 Å². The lowest BCUT2D eigenvalue weighted by Crippen LogP contribution is -2.16. The van der Waals surface area contributed by atoms with Crippen molar-refractivity contribution in [3.8, 4) is 23.0 Å². The molecule has 0 unspecified atom stereocenters. The van der Waals surface area contributed by atoms with Gasteiger partial charge in [0.2, 0.25) is 21.1 Å². The van der Waals surface area contributed by atoms with Crippen LogP contribution in [0.25, 0.3) is 23.7 Å². The quantitative estimate of drug-likeness (QED) is 0.0143. The molecule has 0 amide bonds. The van der Waals surface area contributed by atoms with E-state index in [1.807, 2.05) is 64.1 Å². The molecule has 0 aliphatic rings. The Morgan fingerprint density at radius 3 is 1.11 bits per heavy atom. The highest BCUT2D eigenvalue weighted by molar-refractivity contribution is 6.32. The number of ketones is 2. The first-order chi connectivity index (χ1) is 44.0. The predicted molar refractivity (Wildman–Crippen MR) is 367 cm³/mol. The van der Waals surface area contributed by atoms with Crippen molar-refractivity contribution < 1.29 is 54.1 Å². The number of benzene rings is 4. The van der Waals surface area contributed by atoms with Crippen molar-refractivity contribution in [1.29, 1.82) is 0 Å². The van der Waals surface area contributed by atoms with Crippen LogP contribution in [0.4, 0.5) is 11.6 Å². The van der Waals surface area contributed by atoms with E-state index in [0.717, 1.165) is 22.3 Å². The minimum Gasteiger partial charge on any atom is -0.507 e. The van der Waals surface area contributed by atoms with E-state index < -0.39 is 12.2 Å². The van der Waals surface area contributed by atoms with Gasteiger partial charge in [-0.25, -0.2) is 39.9 Å². The number of nitrogens with zero attached hydrogens (tertiary/aromatic N) is 8. The zero-order valence-electron chi connectivity index (χ0n) is 52.8. The Kier molecular flexibility index (Phi) is 32.4. The van der Waals surface area contributed by atoms with E-state index in [-0.39, 0.29) is 73.5 Å². The summed E-state index contributed by atoms with van der Waals surface area (Å²) in [5.41, 5.74) is 13.0. The van der Waals surface area contributed by atoms with Crippen molar-refractivity contribution in [3.63, 3.8) is 0 Å². The van der Waals surface area contributed by atoms with Crippen molar-refractivity contribution in [2.24, 2.45) is 5.73 Å². The van der Waals surface area contributed by atoms with Crippen LogP contribution >= 0.6 is 69.6 Å². The molecule has 4 aromatic carbocycles. The smallest absolute Gasteiger partial charge is 0.224 e. The van der Waals surface area contributed by atoms with Crippen LogP contribution in [0.1, 0.15) is 97.6 Å². The van der Waals surface area contributed by atoms with E-state index in [1.165, 1.54) is 24.3 Å². The number of hydrogen-bond donors (Lipinski definition) is 8. The van der Waals surface area contributed by atoms with Gasteiger partial charge in [0.1, 0.15) is 56.5 Å². The maximum atomic E-state index is 12.5. The lowest BCUT2D eigenvalue weighted by Gasteiger charge is -2.10. The van der Waals surface area contributed by atoms with Gasteiger partial charge in [-0.1, -0.05) is 23.2 Å². The number of anilines is 2. The molecule has 9 N–H and O–H groups in total. The topological polar surface area (TPSA) is 325 Å². The first-order valence-corrected chi connectivity index (χ1v) is 30.4. The largest absolute Gasteiger partial charge is 0.507 e. The van der Waals surface area contributed by atoms with Crippen LogP contribution in [-0.2, 0) is 12.8 Å². The number of aliphatic hydroxyl groups excluding tert-OH is 5. The fourth-order valence-electron chi connectivity index (χ4n) is 7.82. The van der Waals surface area contributed by atoms with Gasteiger partial charge in [0, 0.05) is 72.2 Å². The van der Waals surface area contributed by atoms with E-state index >= 15 is 0 Å². The molecule has 496 valence electrons. The molecule has 3 atom stereocenters. The van der Waals surface area contributed by atoms with Crippen LogP contribution in [0.2, 0.25) is 31.4 Å². The number of aryl methyl sites for hydroxylation is 4.